The van der Waals surface area contributed by atoms with E-state index in [0.29, 0.717) is 35.6 Å². The number of rotatable bonds is 7. The molecule has 3 aromatic heterocycles. The van der Waals surface area contributed by atoms with Crippen LogP contribution in [0.25, 0.3) is 0 Å². The Morgan fingerprint density at radius 2 is 2.33 bits per heavy atom. The predicted octanol–water partition coefficient (Wildman–Crippen LogP) is 2.90. The van der Waals surface area contributed by atoms with Crippen LogP contribution < -0.4 is 10.6 Å². The second kappa shape index (κ2) is 9.47. The summed E-state index contributed by atoms with van der Waals surface area (Å²) in [6, 6.07) is 7.70. The highest BCUT2D eigenvalue weighted by molar-refractivity contribution is 7.14. The summed E-state index contributed by atoms with van der Waals surface area (Å²) in [7, 11) is 0. The van der Waals surface area contributed by atoms with Crippen LogP contribution in [0.1, 0.15) is 40.7 Å². The molecule has 1 aliphatic heterocycles. The van der Waals surface area contributed by atoms with E-state index in [1.165, 1.54) is 11.3 Å². The molecule has 4 rings (SSSR count). The van der Waals surface area contributed by atoms with Gasteiger partial charge in [0.25, 0.3) is 5.91 Å². The third-order valence-corrected chi connectivity index (χ3v) is 5.61. The van der Waals surface area contributed by atoms with E-state index in [4.69, 9.17) is 9.68 Å². The number of nitrogens with one attached hydrogen (secondary N) is 2. The number of hydrogen-bond donors (Lipinski definition) is 2. The molecule has 3 aromatic rings. The van der Waals surface area contributed by atoms with Gasteiger partial charge in [-0.1, -0.05) is 0 Å². The molecule has 9 nitrogen and oxygen atoms in total. The Morgan fingerprint density at radius 1 is 1.40 bits per heavy atom. The van der Waals surface area contributed by atoms with E-state index in [1.54, 1.807) is 30.0 Å². The van der Waals surface area contributed by atoms with E-state index in [9.17, 15) is 4.79 Å². The van der Waals surface area contributed by atoms with Crippen molar-refractivity contribution in [1.82, 2.24) is 25.2 Å². The molecule has 2 N–H and O–H groups in total. The Kier molecular flexibility index (Phi) is 6.32. The lowest BCUT2D eigenvalue weighted by Gasteiger charge is -2.30. The van der Waals surface area contributed by atoms with E-state index >= 15 is 0 Å². The average molecular weight is 424 g/mol. The molecular weight excluding hydrogens is 402 g/mol. The van der Waals surface area contributed by atoms with Crippen molar-refractivity contribution in [1.29, 1.82) is 5.26 Å². The molecule has 0 saturated carbocycles. The number of piperidine rings is 1. The van der Waals surface area contributed by atoms with Crippen molar-refractivity contribution < 1.29 is 9.21 Å². The first-order valence-corrected chi connectivity index (χ1v) is 10.5. The lowest BCUT2D eigenvalue weighted by atomic mass is 9.94. The molecule has 0 aromatic carbocycles. The van der Waals surface area contributed by atoms with Gasteiger partial charge in [0, 0.05) is 24.0 Å². The number of nitrogens with zero attached hydrogens (tertiary/aromatic N) is 5. The highest BCUT2D eigenvalue weighted by Crippen LogP contribution is 2.26. The van der Waals surface area contributed by atoms with Crippen LogP contribution in [0, 0.1) is 11.3 Å². The van der Waals surface area contributed by atoms with Crippen LogP contribution in [0.15, 0.2) is 40.5 Å². The number of amides is 1. The zero-order chi connectivity index (χ0) is 20.8. The van der Waals surface area contributed by atoms with Crippen LogP contribution in [-0.4, -0.2) is 45.4 Å². The summed E-state index contributed by atoms with van der Waals surface area (Å²) in [6.45, 7) is 2.52. The van der Waals surface area contributed by atoms with E-state index in [1.807, 2.05) is 6.07 Å². The Hall–Kier alpha value is -3.29. The summed E-state index contributed by atoms with van der Waals surface area (Å²) >= 11 is 1.31. The van der Waals surface area contributed by atoms with Crippen LogP contribution >= 0.6 is 11.3 Å². The smallest absolute Gasteiger partial charge is 0.271 e. The fourth-order valence-electron chi connectivity index (χ4n) is 3.40. The van der Waals surface area contributed by atoms with Crippen molar-refractivity contribution in [3.05, 3.63) is 53.2 Å². The molecule has 30 heavy (non-hydrogen) atoms. The van der Waals surface area contributed by atoms with Crippen LogP contribution in [0.2, 0.25) is 0 Å². The molecule has 1 fully saturated rings. The molecule has 1 saturated heterocycles. The molecule has 154 valence electrons. The third kappa shape index (κ3) is 5.00. The van der Waals surface area contributed by atoms with Gasteiger partial charge in [-0.15, -0.1) is 11.3 Å². The summed E-state index contributed by atoms with van der Waals surface area (Å²) in [4.78, 5) is 27.6. The number of carbonyl (C=O) groups is 1. The van der Waals surface area contributed by atoms with Gasteiger partial charge in [0.05, 0.1) is 31.1 Å². The maximum atomic E-state index is 12.3. The predicted molar refractivity (Wildman–Crippen MR) is 111 cm³/mol. The van der Waals surface area contributed by atoms with Gasteiger partial charge >= 0.3 is 0 Å². The van der Waals surface area contributed by atoms with Crippen LogP contribution in [0.5, 0.6) is 0 Å². The first kappa shape index (κ1) is 20.0. The number of nitriles is 1. The first-order chi connectivity index (χ1) is 14.7. The minimum Gasteiger partial charge on any atom is -0.467 e. The lowest BCUT2D eigenvalue weighted by Crippen LogP contribution is -2.34. The number of likely N-dealkylation sites (tertiary alicyclic amines) is 1. The molecule has 10 heteroatoms. The van der Waals surface area contributed by atoms with Crippen molar-refractivity contribution >= 4 is 28.3 Å². The normalized spacial score (nSPS) is 16.7. The maximum absolute atomic E-state index is 12.3. The molecule has 1 atom stereocenters. The number of hydrogen-bond acceptors (Lipinski definition) is 9. The zero-order valence-corrected chi connectivity index (χ0v) is 17.1. The first-order valence-electron chi connectivity index (χ1n) is 9.66. The van der Waals surface area contributed by atoms with Gasteiger partial charge in [0.1, 0.15) is 11.5 Å². The number of aromatic nitrogens is 3. The largest absolute Gasteiger partial charge is 0.467 e. The molecule has 1 amide bonds. The Balaban J connectivity index is 1.37. The number of furan rings is 1. The molecule has 0 bridgehead atoms. The van der Waals surface area contributed by atoms with Gasteiger partial charge in [-0.2, -0.15) is 5.26 Å². The second-order valence-electron chi connectivity index (χ2n) is 6.96. The van der Waals surface area contributed by atoms with E-state index in [-0.39, 0.29) is 11.8 Å². The van der Waals surface area contributed by atoms with Gasteiger partial charge in [-0.3, -0.25) is 9.69 Å². The average Bonchev–Trinajstić information content (AvgIpc) is 3.45. The van der Waals surface area contributed by atoms with Gasteiger partial charge in [0.2, 0.25) is 5.95 Å². The van der Waals surface area contributed by atoms with Crippen molar-refractivity contribution in [2.75, 3.05) is 25.0 Å². The number of anilines is 2. The quantitative estimate of drug-likeness (QED) is 0.557. The second-order valence-corrected chi connectivity index (χ2v) is 7.82. The number of thiazole rings is 1. The van der Waals surface area contributed by atoms with Crippen LogP contribution in [0.3, 0.4) is 0 Å². The summed E-state index contributed by atoms with van der Waals surface area (Å²) in [6.07, 6.45) is 5.37. The number of carbonyl (C=O) groups excluding carboxylic acids is 1. The molecule has 0 aliphatic carbocycles. The molecule has 0 spiro atoms. The zero-order valence-electron chi connectivity index (χ0n) is 16.2. The van der Waals surface area contributed by atoms with Crippen LogP contribution in [-0.2, 0) is 6.54 Å². The minimum atomic E-state index is -0.273. The van der Waals surface area contributed by atoms with Crippen LogP contribution in [0.4, 0.5) is 11.1 Å². The van der Waals surface area contributed by atoms with Gasteiger partial charge in [-0.05, 0) is 37.6 Å². The Labute approximate surface area is 177 Å². The highest BCUT2D eigenvalue weighted by atomic mass is 32.1. The fraction of sp³-hybridized carbons (Fsp3) is 0.350. The topological polar surface area (TPSA) is 120 Å². The van der Waals surface area contributed by atoms with E-state index in [2.05, 4.69) is 36.6 Å². The summed E-state index contributed by atoms with van der Waals surface area (Å²) in [5, 5.41) is 17.0. The van der Waals surface area contributed by atoms with Gasteiger partial charge in [0.15, 0.2) is 5.13 Å². The Morgan fingerprint density at radius 3 is 3.17 bits per heavy atom. The Bertz CT molecular complexity index is 1030. The molecular formula is C20H21N7O2S. The maximum Gasteiger partial charge on any atom is 0.271 e. The third-order valence-electron chi connectivity index (χ3n) is 4.85. The molecule has 0 radical (unpaired) electrons. The molecule has 4 heterocycles. The monoisotopic (exact) mass is 423 g/mol. The van der Waals surface area contributed by atoms with E-state index < -0.39 is 0 Å². The SMILES string of the molecule is N#CCN1CCC[C@H](c2ccnc(Nc3nc(C(=O)NCc4ccco4)cs3)n2)C1. The minimum absolute atomic E-state index is 0.273. The fourth-order valence-corrected chi connectivity index (χ4v) is 4.09. The lowest BCUT2D eigenvalue weighted by molar-refractivity contribution is 0.0944. The van der Waals surface area contributed by atoms with Gasteiger partial charge < -0.3 is 15.1 Å². The summed E-state index contributed by atoms with van der Waals surface area (Å²) in [5.41, 5.74) is 1.27. The molecule has 0 unspecified atom stereocenters. The summed E-state index contributed by atoms with van der Waals surface area (Å²) < 4.78 is 5.21. The molecule has 1 aliphatic rings. The van der Waals surface area contributed by atoms with Crippen molar-refractivity contribution in [2.45, 2.75) is 25.3 Å². The van der Waals surface area contributed by atoms with Crippen molar-refractivity contribution in [2.24, 2.45) is 0 Å². The van der Waals surface area contributed by atoms with Crippen molar-refractivity contribution in [3.63, 3.8) is 0 Å². The highest BCUT2D eigenvalue weighted by Gasteiger charge is 2.22. The van der Waals surface area contributed by atoms with Gasteiger partial charge in [-0.25, -0.2) is 15.0 Å². The van der Waals surface area contributed by atoms with E-state index in [0.717, 1.165) is 31.6 Å². The van der Waals surface area contributed by atoms with Crippen molar-refractivity contribution in [3.8, 4) is 6.07 Å². The summed E-state index contributed by atoms with van der Waals surface area (Å²) in [5.74, 6) is 1.13. The standard InChI is InChI=1S/C20H21N7O2S/c21-6-9-27-8-1-3-14(12-27)16-5-7-22-19(24-16)26-20-25-17(13-30-20)18(28)23-11-15-4-2-10-29-15/h2,4-5,7,10,13-14H,1,3,8-9,11-12H2,(H,23,28)(H,22,24,25,26)/t14-/m0/s1.